The van der Waals surface area contributed by atoms with E-state index < -0.39 is 0 Å². The number of aromatic nitrogens is 2. The zero-order valence-electron chi connectivity index (χ0n) is 12.5. The maximum Gasteiger partial charge on any atom is 0.259 e. The van der Waals surface area contributed by atoms with Crippen LogP contribution < -0.4 is 5.56 Å². The first-order valence-electron chi connectivity index (χ1n) is 7.48. The van der Waals surface area contributed by atoms with Crippen molar-refractivity contribution in [2.75, 3.05) is 13.6 Å². The van der Waals surface area contributed by atoms with E-state index in [-0.39, 0.29) is 11.7 Å². The minimum absolute atomic E-state index is 0.0150. The topological polar surface area (TPSA) is 69.2 Å². The number of aromatic amines is 1. The molecular formula is C15H21N3O2S. The van der Waals surface area contributed by atoms with Gasteiger partial charge in [-0.2, -0.15) is 0 Å². The predicted molar refractivity (Wildman–Crippen MR) is 84.9 cm³/mol. The van der Waals surface area contributed by atoms with Gasteiger partial charge in [0.15, 0.2) is 0 Å². The fourth-order valence-corrected chi connectivity index (χ4v) is 4.21. The molecule has 0 spiro atoms. The Balaban J connectivity index is 1.86. The Kier molecular flexibility index (Phi) is 4.10. The molecule has 5 nitrogen and oxygen atoms in total. The van der Waals surface area contributed by atoms with Crippen molar-refractivity contribution in [1.82, 2.24) is 14.9 Å². The molecule has 2 heterocycles. The summed E-state index contributed by atoms with van der Waals surface area (Å²) in [7, 11) is 1.93. The van der Waals surface area contributed by atoms with Crippen molar-refractivity contribution < 1.29 is 5.11 Å². The summed E-state index contributed by atoms with van der Waals surface area (Å²) in [4.78, 5) is 24.0. The van der Waals surface area contributed by atoms with Gasteiger partial charge in [0.2, 0.25) is 0 Å². The molecule has 0 saturated carbocycles. The van der Waals surface area contributed by atoms with E-state index in [4.69, 9.17) is 0 Å². The minimum atomic E-state index is -0.337. The number of hydrogen-bond donors (Lipinski definition) is 2. The average Bonchev–Trinajstić information content (AvgIpc) is 2.97. The summed E-state index contributed by atoms with van der Waals surface area (Å²) in [5.74, 6) is 0.679. The minimum Gasteiger partial charge on any atom is -0.392 e. The molecule has 114 valence electrons. The molecule has 21 heavy (non-hydrogen) atoms. The summed E-state index contributed by atoms with van der Waals surface area (Å²) in [6.45, 7) is 3.09. The molecule has 0 aliphatic heterocycles. The fourth-order valence-electron chi connectivity index (χ4n) is 2.93. The van der Waals surface area contributed by atoms with Gasteiger partial charge < -0.3 is 10.1 Å². The largest absolute Gasteiger partial charge is 0.392 e. The molecule has 1 atom stereocenters. The molecule has 0 amide bonds. The molecule has 0 bridgehead atoms. The quantitative estimate of drug-likeness (QED) is 0.882. The molecule has 6 heteroatoms. The summed E-state index contributed by atoms with van der Waals surface area (Å²) in [6.07, 6.45) is 3.62. The van der Waals surface area contributed by atoms with Crippen LogP contribution in [0, 0.1) is 0 Å². The van der Waals surface area contributed by atoms with Crippen LogP contribution in [0.5, 0.6) is 0 Å². The Morgan fingerprint density at radius 3 is 3.05 bits per heavy atom. The molecule has 1 aliphatic rings. The van der Waals surface area contributed by atoms with Crippen molar-refractivity contribution >= 4 is 21.6 Å². The summed E-state index contributed by atoms with van der Waals surface area (Å²) < 4.78 is 0. The van der Waals surface area contributed by atoms with Gasteiger partial charge in [0.05, 0.1) is 18.0 Å². The molecule has 1 unspecified atom stereocenters. The molecule has 2 aromatic rings. The molecule has 0 radical (unpaired) electrons. The molecule has 2 N–H and O–H groups in total. The van der Waals surface area contributed by atoms with Gasteiger partial charge in [-0.3, -0.25) is 9.69 Å². The third-order valence-corrected chi connectivity index (χ3v) is 5.22. The van der Waals surface area contributed by atoms with Gasteiger partial charge in [0.25, 0.3) is 5.56 Å². The number of rotatable bonds is 5. The number of fused-ring (bicyclic) bond motifs is 3. The average molecular weight is 307 g/mol. The zero-order valence-corrected chi connectivity index (χ0v) is 13.3. The Bertz CT molecular complexity index is 707. The standard InChI is InChI=1S/C15H21N3O2S/c1-3-9(19)7-18(2)8-12-16-14(20)13-10-5-4-6-11(10)21-15(13)17-12/h9,19H,3-8H2,1-2H3,(H,16,17,20). The fraction of sp³-hybridized carbons (Fsp3) is 0.600. The van der Waals surface area contributed by atoms with E-state index in [1.807, 2.05) is 18.9 Å². The van der Waals surface area contributed by atoms with Gasteiger partial charge in [-0.25, -0.2) is 4.98 Å². The number of nitrogens with one attached hydrogen (secondary N) is 1. The van der Waals surface area contributed by atoms with Crippen LogP contribution in [0.15, 0.2) is 4.79 Å². The number of aliphatic hydroxyl groups excluding tert-OH is 1. The number of likely N-dealkylation sites (N-methyl/N-ethyl adjacent to an activating group) is 1. The third kappa shape index (κ3) is 2.88. The van der Waals surface area contributed by atoms with Crippen molar-refractivity contribution in [3.05, 3.63) is 26.6 Å². The van der Waals surface area contributed by atoms with Crippen molar-refractivity contribution in [2.45, 2.75) is 45.3 Å². The SMILES string of the molecule is CCC(O)CN(C)Cc1nc2sc3c(c2c(=O)[nH]1)CCC3. The molecule has 0 aromatic carbocycles. The van der Waals surface area contributed by atoms with Crippen LogP contribution in [0.2, 0.25) is 0 Å². The zero-order chi connectivity index (χ0) is 15.0. The number of aliphatic hydroxyl groups is 1. The summed E-state index contributed by atoms with van der Waals surface area (Å²) in [5.41, 5.74) is 1.20. The second-order valence-corrected chi connectivity index (χ2v) is 6.89. The molecule has 3 rings (SSSR count). The lowest BCUT2D eigenvalue weighted by atomic mass is 10.2. The highest BCUT2D eigenvalue weighted by atomic mass is 32.1. The maximum absolute atomic E-state index is 12.3. The van der Waals surface area contributed by atoms with Crippen LogP contribution in [0.1, 0.15) is 36.0 Å². The van der Waals surface area contributed by atoms with Gasteiger partial charge in [-0.1, -0.05) is 6.92 Å². The first kappa shape index (κ1) is 14.7. The predicted octanol–water partition coefficient (Wildman–Crippen LogP) is 1.68. The van der Waals surface area contributed by atoms with Crippen molar-refractivity contribution in [2.24, 2.45) is 0 Å². The summed E-state index contributed by atoms with van der Waals surface area (Å²) >= 11 is 1.66. The monoisotopic (exact) mass is 307 g/mol. The number of aryl methyl sites for hydroxylation is 2. The van der Waals surface area contributed by atoms with Gasteiger partial charge in [0.1, 0.15) is 10.7 Å². The van der Waals surface area contributed by atoms with E-state index in [9.17, 15) is 9.90 Å². The van der Waals surface area contributed by atoms with Crippen molar-refractivity contribution in [1.29, 1.82) is 0 Å². The van der Waals surface area contributed by atoms with Crippen LogP contribution in [-0.4, -0.2) is 39.7 Å². The number of H-pyrrole nitrogens is 1. The van der Waals surface area contributed by atoms with E-state index in [2.05, 4.69) is 9.97 Å². The lowest BCUT2D eigenvalue weighted by molar-refractivity contribution is 0.118. The van der Waals surface area contributed by atoms with E-state index in [0.29, 0.717) is 18.9 Å². The van der Waals surface area contributed by atoms with E-state index in [0.717, 1.165) is 35.9 Å². The van der Waals surface area contributed by atoms with Crippen LogP contribution in [-0.2, 0) is 19.4 Å². The molecule has 0 saturated heterocycles. The van der Waals surface area contributed by atoms with E-state index in [1.54, 1.807) is 11.3 Å². The highest BCUT2D eigenvalue weighted by Crippen LogP contribution is 2.34. The van der Waals surface area contributed by atoms with Crippen LogP contribution >= 0.6 is 11.3 Å². The van der Waals surface area contributed by atoms with Gasteiger partial charge >= 0.3 is 0 Å². The Labute approximate surface area is 127 Å². The molecule has 2 aromatic heterocycles. The second kappa shape index (κ2) is 5.87. The lowest BCUT2D eigenvalue weighted by Gasteiger charge is -2.18. The smallest absolute Gasteiger partial charge is 0.259 e. The Morgan fingerprint density at radius 1 is 1.48 bits per heavy atom. The highest BCUT2D eigenvalue weighted by molar-refractivity contribution is 7.18. The first-order chi connectivity index (χ1) is 10.1. The first-order valence-corrected chi connectivity index (χ1v) is 8.30. The Hall–Kier alpha value is -1.24. The highest BCUT2D eigenvalue weighted by Gasteiger charge is 2.21. The lowest BCUT2D eigenvalue weighted by Crippen LogP contribution is -2.29. The third-order valence-electron chi connectivity index (χ3n) is 4.04. The number of thiophene rings is 1. The van der Waals surface area contributed by atoms with Crippen LogP contribution in [0.25, 0.3) is 10.2 Å². The van der Waals surface area contributed by atoms with Crippen molar-refractivity contribution in [3.63, 3.8) is 0 Å². The van der Waals surface area contributed by atoms with Crippen LogP contribution in [0.3, 0.4) is 0 Å². The maximum atomic E-state index is 12.3. The van der Waals surface area contributed by atoms with Gasteiger partial charge in [-0.15, -0.1) is 11.3 Å². The van der Waals surface area contributed by atoms with E-state index in [1.165, 1.54) is 10.4 Å². The normalized spacial score (nSPS) is 15.8. The number of nitrogens with zero attached hydrogens (tertiary/aromatic N) is 2. The second-order valence-electron chi connectivity index (χ2n) is 5.81. The molecule has 0 fully saturated rings. The van der Waals surface area contributed by atoms with Crippen molar-refractivity contribution in [3.8, 4) is 0 Å². The number of hydrogen-bond acceptors (Lipinski definition) is 5. The van der Waals surface area contributed by atoms with Crippen LogP contribution in [0.4, 0.5) is 0 Å². The Morgan fingerprint density at radius 2 is 2.29 bits per heavy atom. The van der Waals surface area contributed by atoms with Gasteiger partial charge in [-0.05, 0) is 38.3 Å². The van der Waals surface area contributed by atoms with E-state index >= 15 is 0 Å². The summed E-state index contributed by atoms with van der Waals surface area (Å²) in [5, 5.41) is 10.5. The molecular weight excluding hydrogens is 286 g/mol. The summed E-state index contributed by atoms with van der Waals surface area (Å²) in [6, 6.07) is 0. The molecule has 1 aliphatic carbocycles. The van der Waals surface area contributed by atoms with Gasteiger partial charge in [0, 0.05) is 11.4 Å².